The van der Waals surface area contributed by atoms with Crippen molar-refractivity contribution in [3.8, 4) is 11.1 Å². The van der Waals surface area contributed by atoms with Gasteiger partial charge in [-0.05, 0) is 54.1 Å². The number of rotatable bonds is 5. The highest BCUT2D eigenvalue weighted by Gasteiger charge is 2.20. The standard InChI is InChI=1S/C20H23N5/c1-4-17(12-19(6-1)20-7-2-8-21-13-20)14-24-10-3-5-18(15-24)16-25-11-9-22-23-25/h1-2,4,6-9,11-13,18H,3,5,10,14-16H2. The summed E-state index contributed by atoms with van der Waals surface area (Å²) in [5.41, 5.74) is 3.77. The van der Waals surface area contributed by atoms with Crippen LogP contribution in [0.15, 0.2) is 61.2 Å². The average molecular weight is 333 g/mol. The van der Waals surface area contributed by atoms with Crippen molar-refractivity contribution in [2.24, 2.45) is 5.92 Å². The third kappa shape index (κ3) is 4.12. The topological polar surface area (TPSA) is 46.8 Å². The molecule has 128 valence electrons. The van der Waals surface area contributed by atoms with E-state index in [2.05, 4.69) is 50.5 Å². The molecule has 0 radical (unpaired) electrons. The first-order valence-electron chi connectivity index (χ1n) is 8.92. The van der Waals surface area contributed by atoms with E-state index in [9.17, 15) is 0 Å². The SMILES string of the molecule is c1cncc(-c2cccc(CN3CCCC(Cn4ccnn4)C3)c2)c1. The molecule has 3 aromatic rings. The zero-order valence-electron chi connectivity index (χ0n) is 14.3. The quantitative estimate of drug-likeness (QED) is 0.719. The van der Waals surface area contributed by atoms with Gasteiger partial charge in [-0.1, -0.05) is 29.5 Å². The lowest BCUT2D eigenvalue weighted by Crippen LogP contribution is -2.36. The van der Waals surface area contributed by atoms with Crippen LogP contribution < -0.4 is 0 Å². The summed E-state index contributed by atoms with van der Waals surface area (Å²) in [6.45, 7) is 4.26. The minimum atomic E-state index is 0.650. The molecule has 4 rings (SSSR count). The third-order valence-corrected chi connectivity index (χ3v) is 4.85. The van der Waals surface area contributed by atoms with Gasteiger partial charge in [0, 0.05) is 38.2 Å². The number of piperidine rings is 1. The number of nitrogens with zero attached hydrogens (tertiary/aromatic N) is 5. The van der Waals surface area contributed by atoms with Crippen LogP contribution in [0.25, 0.3) is 11.1 Å². The highest BCUT2D eigenvalue weighted by molar-refractivity contribution is 5.62. The van der Waals surface area contributed by atoms with Crippen LogP contribution in [-0.2, 0) is 13.1 Å². The van der Waals surface area contributed by atoms with Crippen molar-refractivity contribution in [1.29, 1.82) is 0 Å². The van der Waals surface area contributed by atoms with Crippen molar-refractivity contribution in [2.45, 2.75) is 25.9 Å². The van der Waals surface area contributed by atoms with Gasteiger partial charge in [0.1, 0.15) is 0 Å². The van der Waals surface area contributed by atoms with Crippen LogP contribution in [0.5, 0.6) is 0 Å². The normalized spacial score (nSPS) is 18.3. The molecule has 1 aliphatic rings. The first-order valence-corrected chi connectivity index (χ1v) is 8.92. The Kier molecular flexibility index (Phi) is 4.84. The molecule has 0 saturated carbocycles. The van der Waals surface area contributed by atoms with E-state index in [1.54, 1.807) is 6.20 Å². The van der Waals surface area contributed by atoms with E-state index in [4.69, 9.17) is 0 Å². The molecule has 5 nitrogen and oxygen atoms in total. The molecular formula is C20H23N5. The van der Waals surface area contributed by atoms with Crippen LogP contribution in [0, 0.1) is 5.92 Å². The number of hydrogen-bond donors (Lipinski definition) is 0. The summed E-state index contributed by atoms with van der Waals surface area (Å²) >= 11 is 0. The van der Waals surface area contributed by atoms with E-state index in [0.29, 0.717) is 5.92 Å². The van der Waals surface area contributed by atoms with Crippen LogP contribution in [0.4, 0.5) is 0 Å². The first kappa shape index (κ1) is 16.0. The number of likely N-dealkylation sites (tertiary alicyclic amines) is 1. The number of hydrogen-bond acceptors (Lipinski definition) is 4. The zero-order chi connectivity index (χ0) is 16.9. The van der Waals surface area contributed by atoms with Crippen molar-refractivity contribution >= 4 is 0 Å². The smallest absolute Gasteiger partial charge is 0.0692 e. The molecule has 0 aliphatic carbocycles. The van der Waals surface area contributed by atoms with E-state index in [0.717, 1.165) is 19.6 Å². The van der Waals surface area contributed by atoms with Crippen molar-refractivity contribution in [3.63, 3.8) is 0 Å². The Hall–Kier alpha value is -2.53. The molecule has 1 fully saturated rings. The Morgan fingerprint density at radius 2 is 2.04 bits per heavy atom. The Morgan fingerprint density at radius 1 is 1.08 bits per heavy atom. The lowest BCUT2D eigenvalue weighted by Gasteiger charge is -2.32. The van der Waals surface area contributed by atoms with Crippen LogP contribution in [-0.4, -0.2) is 38.0 Å². The molecule has 0 N–H and O–H groups in total. The largest absolute Gasteiger partial charge is 0.299 e. The van der Waals surface area contributed by atoms with Crippen LogP contribution in [0.1, 0.15) is 18.4 Å². The number of aromatic nitrogens is 4. The van der Waals surface area contributed by atoms with Gasteiger partial charge in [-0.2, -0.15) is 0 Å². The van der Waals surface area contributed by atoms with Crippen LogP contribution >= 0.6 is 0 Å². The highest BCUT2D eigenvalue weighted by Crippen LogP contribution is 2.23. The van der Waals surface area contributed by atoms with Gasteiger partial charge in [-0.15, -0.1) is 5.10 Å². The van der Waals surface area contributed by atoms with Gasteiger partial charge >= 0.3 is 0 Å². The predicted octanol–water partition coefficient (Wildman–Crippen LogP) is 3.25. The van der Waals surface area contributed by atoms with Crippen molar-refractivity contribution in [2.75, 3.05) is 13.1 Å². The molecule has 0 bridgehead atoms. The maximum atomic E-state index is 4.23. The zero-order valence-corrected chi connectivity index (χ0v) is 14.3. The maximum Gasteiger partial charge on any atom is 0.0692 e. The summed E-state index contributed by atoms with van der Waals surface area (Å²) in [6, 6.07) is 12.9. The molecule has 0 amide bonds. The van der Waals surface area contributed by atoms with Gasteiger partial charge in [0.15, 0.2) is 0 Å². The third-order valence-electron chi connectivity index (χ3n) is 4.85. The lowest BCUT2D eigenvalue weighted by molar-refractivity contribution is 0.153. The van der Waals surface area contributed by atoms with E-state index < -0.39 is 0 Å². The molecular weight excluding hydrogens is 310 g/mol. The van der Waals surface area contributed by atoms with Crippen LogP contribution in [0.3, 0.4) is 0 Å². The molecule has 5 heteroatoms. The second-order valence-electron chi connectivity index (χ2n) is 6.81. The van der Waals surface area contributed by atoms with E-state index in [1.165, 1.54) is 36.1 Å². The summed E-state index contributed by atoms with van der Waals surface area (Å²) in [6.07, 6.45) is 9.97. The monoisotopic (exact) mass is 333 g/mol. The Morgan fingerprint density at radius 3 is 2.88 bits per heavy atom. The lowest BCUT2D eigenvalue weighted by atomic mass is 9.97. The molecule has 1 saturated heterocycles. The van der Waals surface area contributed by atoms with Gasteiger partial charge < -0.3 is 0 Å². The molecule has 1 unspecified atom stereocenters. The number of pyridine rings is 1. The fourth-order valence-corrected chi connectivity index (χ4v) is 3.68. The van der Waals surface area contributed by atoms with Crippen molar-refractivity contribution < 1.29 is 0 Å². The minimum Gasteiger partial charge on any atom is -0.299 e. The van der Waals surface area contributed by atoms with E-state index in [1.807, 2.05) is 29.3 Å². The average Bonchev–Trinajstić information content (AvgIpc) is 3.16. The van der Waals surface area contributed by atoms with Crippen molar-refractivity contribution in [1.82, 2.24) is 24.9 Å². The van der Waals surface area contributed by atoms with Crippen LogP contribution in [0.2, 0.25) is 0 Å². The molecule has 1 aliphatic heterocycles. The van der Waals surface area contributed by atoms with Gasteiger partial charge in [0.05, 0.1) is 6.20 Å². The minimum absolute atomic E-state index is 0.650. The summed E-state index contributed by atoms with van der Waals surface area (Å²) in [7, 11) is 0. The fraction of sp³-hybridized carbons (Fsp3) is 0.350. The maximum absolute atomic E-state index is 4.23. The van der Waals surface area contributed by atoms with Gasteiger partial charge in [0.2, 0.25) is 0 Å². The van der Waals surface area contributed by atoms with Crippen molar-refractivity contribution in [3.05, 3.63) is 66.7 Å². The summed E-state index contributed by atoms with van der Waals surface area (Å²) in [5, 5.41) is 8.01. The highest BCUT2D eigenvalue weighted by atomic mass is 15.4. The first-order chi connectivity index (χ1) is 12.4. The fourth-order valence-electron chi connectivity index (χ4n) is 3.68. The summed E-state index contributed by atoms with van der Waals surface area (Å²) in [4.78, 5) is 6.79. The number of benzene rings is 1. The Bertz CT molecular complexity index is 785. The summed E-state index contributed by atoms with van der Waals surface area (Å²) < 4.78 is 1.96. The molecule has 0 spiro atoms. The molecule has 3 heterocycles. The predicted molar refractivity (Wildman–Crippen MR) is 97.7 cm³/mol. The summed E-state index contributed by atoms with van der Waals surface area (Å²) in [5.74, 6) is 0.650. The Balaban J connectivity index is 1.41. The second-order valence-corrected chi connectivity index (χ2v) is 6.81. The second kappa shape index (κ2) is 7.57. The molecule has 1 aromatic carbocycles. The molecule has 25 heavy (non-hydrogen) atoms. The molecule has 2 aromatic heterocycles. The van der Waals surface area contributed by atoms with Gasteiger partial charge in [0.25, 0.3) is 0 Å². The Labute approximate surface area is 148 Å². The van der Waals surface area contributed by atoms with Gasteiger partial charge in [-0.3, -0.25) is 14.6 Å². The van der Waals surface area contributed by atoms with E-state index in [-0.39, 0.29) is 0 Å². The molecule has 1 atom stereocenters. The van der Waals surface area contributed by atoms with Gasteiger partial charge in [-0.25, -0.2) is 0 Å². The van der Waals surface area contributed by atoms with E-state index >= 15 is 0 Å².